The van der Waals surface area contributed by atoms with E-state index >= 15 is 0 Å². The summed E-state index contributed by atoms with van der Waals surface area (Å²) in [6.45, 7) is 5.29. The lowest BCUT2D eigenvalue weighted by Crippen LogP contribution is -2.49. The van der Waals surface area contributed by atoms with Gasteiger partial charge in [-0.05, 0) is 74.5 Å². The molecule has 2 aromatic rings. The molecule has 0 saturated heterocycles. The summed E-state index contributed by atoms with van der Waals surface area (Å²) < 4.78 is 0. The fourth-order valence-electron chi connectivity index (χ4n) is 7.12. The standard InChI is InChI=1S/C23H29N3OS/c1-2-26-4-3-18-16(12-26)8-17-19(24)20(28-22(17)25-18)21(27)23-9-13-5-14(10-23)7-15(6-13)11-23/h8,13-15H,2-7,9-12,24H2,1H3. The Morgan fingerprint density at radius 3 is 2.57 bits per heavy atom. The maximum absolute atomic E-state index is 13.8. The number of likely N-dealkylation sites (N-methyl/N-ethyl adjacent to an activating group) is 1. The van der Waals surface area contributed by atoms with Crippen LogP contribution in [0.25, 0.3) is 10.2 Å². The average Bonchev–Trinajstić information content (AvgIpc) is 3.00. The van der Waals surface area contributed by atoms with E-state index in [1.807, 2.05) is 0 Å². The van der Waals surface area contributed by atoms with E-state index in [1.54, 1.807) is 11.3 Å². The minimum absolute atomic E-state index is 0.123. The number of pyridine rings is 1. The number of rotatable bonds is 3. The van der Waals surface area contributed by atoms with Gasteiger partial charge in [0.1, 0.15) is 4.83 Å². The molecular formula is C23H29N3OS. The molecule has 4 nitrogen and oxygen atoms in total. The van der Waals surface area contributed by atoms with Crippen molar-refractivity contribution >= 4 is 33.0 Å². The van der Waals surface area contributed by atoms with Gasteiger partial charge in [-0.3, -0.25) is 9.69 Å². The van der Waals surface area contributed by atoms with Gasteiger partial charge in [-0.2, -0.15) is 0 Å². The van der Waals surface area contributed by atoms with Crippen molar-refractivity contribution in [3.63, 3.8) is 0 Å². The largest absolute Gasteiger partial charge is 0.397 e. The van der Waals surface area contributed by atoms with Crippen LogP contribution in [0.3, 0.4) is 0 Å². The summed E-state index contributed by atoms with van der Waals surface area (Å²) in [5.74, 6) is 2.67. The van der Waals surface area contributed by atoms with Gasteiger partial charge in [0.15, 0.2) is 5.78 Å². The molecule has 0 amide bonds. The molecule has 3 heterocycles. The third kappa shape index (κ3) is 2.45. The number of ketones is 1. The van der Waals surface area contributed by atoms with Crippen LogP contribution < -0.4 is 5.73 Å². The second kappa shape index (κ2) is 6.02. The molecule has 7 rings (SSSR count). The zero-order valence-electron chi connectivity index (χ0n) is 16.7. The van der Waals surface area contributed by atoms with E-state index in [1.165, 1.54) is 30.5 Å². The van der Waals surface area contributed by atoms with Crippen LogP contribution in [0.1, 0.15) is 66.4 Å². The Kier molecular flexibility index (Phi) is 3.74. The summed E-state index contributed by atoms with van der Waals surface area (Å²) in [4.78, 5) is 23.0. The molecule has 0 atom stereocenters. The average molecular weight is 396 g/mol. The molecule has 1 aliphatic heterocycles. The summed E-state index contributed by atoms with van der Waals surface area (Å²) in [7, 11) is 0. The highest BCUT2D eigenvalue weighted by atomic mass is 32.1. The lowest BCUT2D eigenvalue weighted by Gasteiger charge is -2.55. The second-order valence-electron chi connectivity index (χ2n) is 9.94. The topological polar surface area (TPSA) is 59.2 Å². The van der Waals surface area contributed by atoms with Gasteiger partial charge >= 0.3 is 0 Å². The highest BCUT2D eigenvalue weighted by molar-refractivity contribution is 7.21. The molecule has 4 bridgehead atoms. The molecule has 4 aliphatic carbocycles. The third-order valence-corrected chi connectivity index (χ3v) is 9.24. The Bertz CT molecular complexity index is 943. The predicted octanol–water partition coefficient (Wildman–Crippen LogP) is 4.66. The van der Waals surface area contributed by atoms with Crippen molar-refractivity contribution in [2.75, 3.05) is 18.8 Å². The van der Waals surface area contributed by atoms with Crippen molar-refractivity contribution in [2.24, 2.45) is 23.2 Å². The number of aromatic nitrogens is 1. The van der Waals surface area contributed by atoms with Crippen molar-refractivity contribution in [3.05, 3.63) is 22.2 Å². The number of carbonyl (C=O) groups is 1. The Hall–Kier alpha value is -1.46. The summed E-state index contributed by atoms with van der Waals surface area (Å²) in [6.07, 6.45) is 8.36. The number of hydrogen-bond acceptors (Lipinski definition) is 5. The molecule has 5 aliphatic rings. The van der Waals surface area contributed by atoms with Gasteiger partial charge in [-0.1, -0.05) is 6.92 Å². The summed E-state index contributed by atoms with van der Waals surface area (Å²) in [5, 5.41) is 1.01. The molecule has 5 heteroatoms. The maximum atomic E-state index is 13.8. The molecule has 4 saturated carbocycles. The van der Waals surface area contributed by atoms with Crippen LogP contribution in [0.15, 0.2) is 6.07 Å². The molecule has 0 spiro atoms. The zero-order chi connectivity index (χ0) is 19.0. The van der Waals surface area contributed by atoms with Crippen molar-refractivity contribution in [3.8, 4) is 0 Å². The maximum Gasteiger partial charge on any atom is 0.181 e. The van der Waals surface area contributed by atoms with Crippen LogP contribution >= 0.6 is 11.3 Å². The SMILES string of the molecule is CCN1CCc2nc3sc(C(=O)C45CC6CC(CC(C6)C4)C5)c(N)c3cc2C1. The number of anilines is 1. The van der Waals surface area contributed by atoms with E-state index in [0.717, 1.165) is 78.2 Å². The number of thiophene rings is 1. The summed E-state index contributed by atoms with van der Waals surface area (Å²) >= 11 is 1.56. The van der Waals surface area contributed by atoms with Gasteiger partial charge in [-0.25, -0.2) is 4.98 Å². The van der Waals surface area contributed by atoms with Crippen LogP contribution in [0.4, 0.5) is 5.69 Å². The van der Waals surface area contributed by atoms with Crippen molar-refractivity contribution in [2.45, 2.75) is 58.4 Å². The first-order chi connectivity index (χ1) is 13.5. The van der Waals surface area contributed by atoms with E-state index in [0.29, 0.717) is 11.5 Å². The van der Waals surface area contributed by atoms with E-state index < -0.39 is 0 Å². The van der Waals surface area contributed by atoms with Gasteiger partial charge in [0.05, 0.1) is 10.6 Å². The molecule has 4 fully saturated rings. The Morgan fingerprint density at radius 1 is 1.25 bits per heavy atom. The number of nitrogen functional groups attached to an aromatic ring is 1. The fraction of sp³-hybridized carbons (Fsp3) is 0.652. The van der Waals surface area contributed by atoms with Crippen LogP contribution in [0, 0.1) is 23.2 Å². The highest BCUT2D eigenvalue weighted by Gasteiger charge is 2.55. The van der Waals surface area contributed by atoms with E-state index in [-0.39, 0.29) is 5.41 Å². The highest BCUT2D eigenvalue weighted by Crippen LogP contribution is 2.61. The van der Waals surface area contributed by atoms with Crippen molar-refractivity contribution in [1.82, 2.24) is 9.88 Å². The Morgan fingerprint density at radius 2 is 1.93 bits per heavy atom. The summed E-state index contributed by atoms with van der Waals surface area (Å²) in [6, 6.07) is 2.22. The minimum atomic E-state index is -0.123. The van der Waals surface area contributed by atoms with Crippen molar-refractivity contribution < 1.29 is 4.79 Å². The van der Waals surface area contributed by atoms with Crippen LogP contribution in [0.5, 0.6) is 0 Å². The van der Waals surface area contributed by atoms with Gasteiger partial charge in [-0.15, -0.1) is 11.3 Å². The molecular weight excluding hydrogens is 366 g/mol. The van der Waals surface area contributed by atoms with Crippen molar-refractivity contribution in [1.29, 1.82) is 0 Å². The number of nitrogens with two attached hydrogens (primary N) is 1. The lowest BCUT2D eigenvalue weighted by molar-refractivity contribution is -0.0350. The zero-order valence-corrected chi connectivity index (χ0v) is 17.5. The minimum Gasteiger partial charge on any atom is -0.397 e. The Balaban J connectivity index is 1.40. The normalized spacial score (nSPS) is 34.1. The molecule has 2 aromatic heterocycles. The van der Waals surface area contributed by atoms with E-state index in [2.05, 4.69) is 17.9 Å². The van der Waals surface area contributed by atoms with Crippen LogP contribution in [-0.2, 0) is 13.0 Å². The quantitative estimate of drug-likeness (QED) is 0.768. The van der Waals surface area contributed by atoms with E-state index in [4.69, 9.17) is 10.7 Å². The number of carbonyl (C=O) groups excluding carboxylic acids is 1. The van der Waals surface area contributed by atoms with Gasteiger partial charge < -0.3 is 5.73 Å². The van der Waals surface area contributed by atoms with Crippen LogP contribution in [-0.4, -0.2) is 28.8 Å². The third-order valence-electron chi connectivity index (χ3n) is 8.12. The molecule has 148 valence electrons. The Labute approximate surface area is 170 Å². The first kappa shape index (κ1) is 17.4. The smallest absolute Gasteiger partial charge is 0.181 e. The number of Topliss-reactive ketones (excluding diaryl/α,β-unsaturated/α-hetero) is 1. The first-order valence-corrected chi connectivity index (χ1v) is 11.8. The number of fused-ring (bicyclic) bond motifs is 2. The molecule has 2 N–H and O–H groups in total. The van der Waals surface area contributed by atoms with Crippen LogP contribution in [0.2, 0.25) is 0 Å². The van der Waals surface area contributed by atoms with Gasteiger partial charge in [0.2, 0.25) is 0 Å². The first-order valence-electron chi connectivity index (χ1n) is 11.0. The van der Waals surface area contributed by atoms with Gasteiger partial charge in [0, 0.05) is 36.0 Å². The fourth-order valence-corrected chi connectivity index (χ4v) is 8.28. The molecule has 0 radical (unpaired) electrons. The van der Waals surface area contributed by atoms with Gasteiger partial charge in [0.25, 0.3) is 0 Å². The molecule has 0 aromatic carbocycles. The lowest BCUT2D eigenvalue weighted by atomic mass is 9.48. The predicted molar refractivity (Wildman–Crippen MR) is 114 cm³/mol. The molecule has 28 heavy (non-hydrogen) atoms. The number of hydrogen-bond donors (Lipinski definition) is 1. The number of nitrogens with zero attached hydrogens (tertiary/aromatic N) is 2. The second-order valence-corrected chi connectivity index (χ2v) is 10.9. The monoisotopic (exact) mass is 395 g/mol. The summed E-state index contributed by atoms with van der Waals surface area (Å²) in [5.41, 5.74) is 9.66. The molecule has 0 unspecified atom stereocenters. The van der Waals surface area contributed by atoms with E-state index in [9.17, 15) is 4.79 Å².